The summed E-state index contributed by atoms with van der Waals surface area (Å²) in [5, 5.41) is 8.28. The van der Waals surface area contributed by atoms with Crippen LogP contribution in [0.3, 0.4) is 0 Å². The Bertz CT molecular complexity index is 591. The van der Waals surface area contributed by atoms with Crippen molar-refractivity contribution < 1.29 is 0 Å². The molecule has 1 N–H and O–H groups in total. The van der Waals surface area contributed by atoms with Crippen molar-refractivity contribution in [1.82, 2.24) is 19.9 Å². The lowest BCUT2D eigenvalue weighted by molar-refractivity contribution is 0.340. The van der Waals surface area contributed by atoms with Crippen LogP contribution in [0, 0.1) is 12.8 Å². The van der Waals surface area contributed by atoms with Gasteiger partial charge in [-0.05, 0) is 44.4 Å². The molecule has 2 atom stereocenters. The summed E-state index contributed by atoms with van der Waals surface area (Å²) < 4.78 is 1.94. The first-order chi connectivity index (χ1) is 9.31. The molecule has 0 amide bonds. The van der Waals surface area contributed by atoms with Crippen molar-refractivity contribution in [3.63, 3.8) is 0 Å². The molecule has 19 heavy (non-hydrogen) atoms. The van der Waals surface area contributed by atoms with Gasteiger partial charge in [0.05, 0.1) is 0 Å². The Kier molecular flexibility index (Phi) is 2.48. The molecule has 100 valence electrons. The number of nitrogens with zero attached hydrogens (tertiary/aromatic N) is 4. The van der Waals surface area contributed by atoms with E-state index >= 15 is 0 Å². The number of anilines is 1. The van der Waals surface area contributed by atoms with E-state index in [1.54, 1.807) is 0 Å². The van der Waals surface area contributed by atoms with Crippen molar-refractivity contribution in [3.8, 4) is 0 Å². The summed E-state index contributed by atoms with van der Waals surface area (Å²) in [6.07, 6.45) is 2.63. The summed E-state index contributed by atoms with van der Waals surface area (Å²) in [4.78, 5) is 7.00. The molecule has 2 saturated heterocycles. The average molecular weight is 257 g/mol. The van der Waals surface area contributed by atoms with Crippen LogP contribution in [0.15, 0.2) is 18.2 Å². The molecule has 0 bridgehead atoms. The van der Waals surface area contributed by atoms with Crippen LogP contribution in [0.25, 0.3) is 5.65 Å². The number of aromatic nitrogens is 3. The fourth-order valence-electron chi connectivity index (χ4n) is 3.37. The zero-order chi connectivity index (χ0) is 12.8. The molecular weight excluding hydrogens is 238 g/mol. The molecule has 5 heteroatoms. The SMILES string of the molecule is Cc1cccc2nc(N3C[C@@H]4CCCN[C@@H]4C3)nn12. The largest absolute Gasteiger partial charge is 0.338 e. The van der Waals surface area contributed by atoms with Gasteiger partial charge in [-0.3, -0.25) is 0 Å². The molecular formula is C14H19N5. The van der Waals surface area contributed by atoms with Crippen LogP contribution in [0.2, 0.25) is 0 Å². The average Bonchev–Trinajstić information content (AvgIpc) is 3.02. The maximum absolute atomic E-state index is 4.66. The number of hydrogen-bond donors (Lipinski definition) is 1. The summed E-state index contributed by atoms with van der Waals surface area (Å²) in [6, 6.07) is 6.75. The molecule has 2 aliphatic rings. The van der Waals surface area contributed by atoms with Gasteiger partial charge in [0.2, 0.25) is 5.95 Å². The minimum absolute atomic E-state index is 0.626. The predicted octanol–water partition coefficient (Wildman–Crippen LogP) is 1.23. The van der Waals surface area contributed by atoms with Gasteiger partial charge in [-0.1, -0.05) is 6.07 Å². The summed E-state index contributed by atoms with van der Waals surface area (Å²) in [6.45, 7) is 5.36. The van der Waals surface area contributed by atoms with E-state index in [2.05, 4.69) is 33.3 Å². The highest BCUT2D eigenvalue weighted by molar-refractivity contribution is 5.46. The first-order valence-corrected chi connectivity index (χ1v) is 7.12. The van der Waals surface area contributed by atoms with Crippen LogP contribution in [0.4, 0.5) is 5.95 Å². The van der Waals surface area contributed by atoms with Crippen LogP contribution in [-0.4, -0.2) is 40.3 Å². The number of aryl methyl sites for hydroxylation is 1. The number of pyridine rings is 1. The number of nitrogens with one attached hydrogen (secondary N) is 1. The third-order valence-electron chi connectivity index (χ3n) is 4.42. The molecule has 4 heterocycles. The first kappa shape index (κ1) is 11.2. The fraction of sp³-hybridized carbons (Fsp3) is 0.571. The van der Waals surface area contributed by atoms with Crippen LogP contribution in [0.1, 0.15) is 18.5 Å². The highest BCUT2D eigenvalue weighted by Gasteiger charge is 2.35. The minimum Gasteiger partial charge on any atom is -0.338 e. The first-order valence-electron chi connectivity index (χ1n) is 7.12. The summed E-state index contributed by atoms with van der Waals surface area (Å²) in [5.74, 6) is 1.65. The maximum Gasteiger partial charge on any atom is 0.245 e. The molecule has 2 aromatic rings. The molecule has 0 aliphatic carbocycles. The van der Waals surface area contributed by atoms with E-state index in [9.17, 15) is 0 Å². The van der Waals surface area contributed by atoms with E-state index in [0.29, 0.717) is 6.04 Å². The lowest BCUT2D eigenvalue weighted by atomic mass is 9.94. The van der Waals surface area contributed by atoms with Gasteiger partial charge < -0.3 is 10.2 Å². The fourth-order valence-corrected chi connectivity index (χ4v) is 3.37. The van der Waals surface area contributed by atoms with E-state index in [0.717, 1.165) is 42.8 Å². The van der Waals surface area contributed by atoms with Gasteiger partial charge in [0, 0.05) is 24.8 Å². The van der Waals surface area contributed by atoms with Crippen molar-refractivity contribution in [2.75, 3.05) is 24.5 Å². The Morgan fingerprint density at radius 3 is 3.11 bits per heavy atom. The smallest absolute Gasteiger partial charge is 0.245 e. The lowest BCUT2D eigenvalue weighted by Crippen LogP contribution is -2.40. The molecule has 2 aromatic heterocycles. The van der Waals surface area contributed by atoms with Crippen LogP contribution < -0.4 is 10.2 Å². The quantitative estimate of drug-likeness (QED) is 0.834. The van der Waals surface area contributed by atoms with E-state index in [1.165, 1.54) is 12.8 Å². The summed E-state index contributed by atoms with van der Waals surface area (Å²) >= 11 is 0. The predicted molar refractivity (Wildman–Crippen MR) is 74.5 cm³/mol. The van der Waals surface area contributed by atoms with Gasteiger partial charge in [0.15, 0.2) is 5.65 Å². The van der Waals surface area contributed by atoms with Crippen LogP contribution in [0.5, 0.6) is 0 Å². The van der Waals surface area contributed by atoms with Gasteiger partial charge in [0.25, 0.3) is 0 Å². The molecule has 0 radical (unpaired) electrons. The molecule has 4 rings (SSSR count). The van der Waals surface area contributed by atoms with Crippen molar-refractivity contribution in [2.24, 2.45) is 5.92 Å². The molecule has 2 fully saturated rings. The second-order valence-corrected chi connectivity index (χ2v) is 5.72. The van der Waals surface area contributed by atoms with E-state index in [-0.39, 0.29) is 0 Å². The third-order valence-corrected chi connectivity index (χ3v) is 4.42. The molecule has 0 aromatic carbocycles. The number of hydrogen-bond acceptors (Lipinski definition) is 4. The normalized spacial score (nSPS) is 26.9. The second-order valence-electron chi connectivity index (χ2n) is 5.72. The van der Waals surface area contributed by atoms with Gasteiger partial charge >= 0.3 is 0 Å². The van der Waals surface area contributed by atoms with Gasteiger partial charge in [-0.15, -0.1) is 5.10 Å². The van der Waals surface area contributed by atoms with Crippen LogP contribution >= 0.6 is 0 Å². The molecule has 5 nitrogen and oxygen atoms in total. The van der Waals surface area contributed by atoms with Crippen molar-refractivity contribution in [3.05, 3.63) is 23.9 Å². The zero-order valence-corrected chi connectivity index (χ0v) is 11.2. The van der Waals surface area contributed by atoms with Crippen molar-refractivity contribution >= 4 is 11.6 Å². The number of rotatable bonds is 1. The summed E-state index contributed by atoms with van der Waals surface area (Å²) in [5.41, 5.74) is 2.07. The van der Waals surface area contributed by atoms with Gasteiger partial charge in [-0.25, -0.2) is 4.52 Å². The lowest BCUT2D eigenvalue weighted by Gasteiger charge is -2.24. The van der Waals surface area contributed by atoms with Gasteiger partial charge in [-0.2, -0.15) is 4.98 Å². The highest BCUT2D eigenvalue weighted by Crippen LogP contribution is 2.27. The maximum atomic E-state index is 4.66. The van der Waals surface area contributed by atoms with Crippen molar-refractivity contribution in [2.45, 2.75) is 25.8 Å². The van der Waals surface area contributed by atoms with E-state index in [4.69, 9.17) is 0 Å². The van der Waals surface area contributed by atoms with Crippen molar-refractivity contribution in [1.29, 1.82) is 0 Å². The highest BCUT2D eigenvalue weighted by atomic mass is 15.4. The topological polar surface area (TPSA) is 45.5 Å². The molecule has 0 saturated carbocycles. The second kappa shape index (κ2) is 4.20. The molecule has 0 spiro atoms. The Balaban J connectivity index is 1.66. The van der Waals surface area contributed by atoms with E-state index < -0.39 is 0 Å². The standard InChI is InChI=1S/C14H19N5/c1-10-4-2-6-13-16-14(17-19(10)13)18-8-11-5-3-7-15-12(11)9-18/h2,4,6,11-12,15H,3,5,7-9H2,1H3/t11-,12+/m0/s1. The molecule has 0 unspecified atom stereocenters. The molecule has 2 aliphatic heterocycles. The third kappa shape index (κ3) is 1.80. The van der Waals surface area contributed by atoms with Crippen LogP contribution in [-0.2, 0) is 0 Å². The number of fused-ring (bicyclic) bond motifs is 2. The Morgan fingerprint density at radius 1 is 1.32 bits per heavy atom. The minimum atomic E-state index is 0.626. The zero-order valence-electron chi connectivity index (χ0n) is 11.2. The Morgan fingerprint density at radius 2 is 2.26 bits per heavy atom. The van der Waals surface area contributed by atoms with Gasteiger partial charge in [0.1, 0.15) is 0 Å². The Hall–Kier alpha value is -1.62. The monoisotopic (exact) mass is 257 g/mol. The van der Waals surface area contributed by atoms with E-state index in [1.807, 2.05) is 16.6 Å². The number of piperidine rings is 1. The summed E-state index contributed by atoms with van der Waals surface area (Å²) in [7, 11) is 0. The Labute approximate surface area is 112 Å².